The summed E-state index contributed by atoms with van der Waals surface area (Å²) in [5, 5.41) is 11.4. The minimum Gasteiger partial charge on any atom is -0.367 e. The molecule has 0 fully saturated rings. The van der Waals surface area contributed by atoms with Crippen molar-refractivity contribution in [1.82, 2.24) is 20.1 Å². The van der Waals surface area contributed by atoms with E-state index in [2.05, 4.69) is 27.4 Å². The number of aliphatic imine (C=N–C) groups is 1. The van der Waals surface area contributed by atoms with Crippen LogP contribution in [0.25, 0.3) is 0 Å². The van der Waals surface area contributed by atoms with Crippen molar-refractivity contribution in [1.29, 1.82) is 0 Å². The smallest absolute Gasteiger partial charge is 0.152 e. The van der Waals surface area contributed by atoms with Gasteiger partial charge in [0, 0.05) is 19.5 Å². The predicted octanol–water partition coefficient (Wildman–Crippen LogP) is 1.36. The first-order valence-electron chi connectivity index (χ1n) is 6.04. The summed E-state index contributed by atoms with van der Waals surface area (Å²) in [6, 6.07) is 0. The van der Waals surface area contributed by atoms with Crippen molar-refractivity contribution in [3.8, 4) is 0 Å². The highest BCUT2D eigenvalue weighted by Gasteiger charge is 2.06. The molecule has 1 aliphatic heterocycles. The molecule has 0 aliphatic carbocycles. The Morgan fingerprint density at radius 3 is 3.19 bits per heavy atom. The van der Waals surface area contributed by atoms with Crippen LogP contribution in [0.1, 0.15) is 38.4 Å². The molecule has 0 unspecified atom stereocenters. The molecule has 1 aliphatic rings. The lowest BCUT2D eigenvalue weighted by atomic mass is 10.2. The second-order valence-electron chi connectivity index (χ2n) is 4.03. The summed E-state index contributed by atoms with van der Waals surface area (Å²) < 4.78 is 2.05. The maximum atomic E-state index is 4.53. The molecular weight excluding hydrogens is 202 g/mol. The van der Waals surface area contributed by atoms with Crippen LogP contribution in [0.4, 0.5) is 0 Å². The number of nitrogens with zero attached hydrogens (tertiary/aromatic N) is 4. The third kappa shape index (κ3) is 2.81. The molecule has 2 rings (SSSR count). The standard InChI is InChI=1S/C11H19N5/c1-2-16-9-14-15-11(16)8-13-10-6-4-3-5-7-12-10/h9H,2-8H2,1H3,(H,12,13). The first kappa shape index (κ1) is 11.1. The van der Waals surface area contributed by atoms with Crippen molar-refractivity contribution in [2.75, 3.05) is 6.54 Å². The van der Waals surface area contributed by atoms with Gasteiger partial charge in [-0.2, -0.15) is 0 Å². The molecule has 0 saturated heterocycles. The predicted molar refractivity (Wildman–Crippen MR) is 63.3 cm³/mol. The van der Waals surface area contributed by atoms with Gasteiger partial charge in [0.15, 0.2) is 5.82 Å². The van der Waals surface area contributed by atoms with Gasteiger partial charge in [0.05, 0.1) is 12.4 Å². The van der Waals surface area contributed by atoms with E-state index in [4.69, 9.17) is 0 Å². The molecule has 88 valence electrons. The average molecular weight is 221 g/mol. The molecule has 0 amide bonds. The van der Waals surface area contributed by atoms with Crippen molar-refractivity contribution in [3.05, 3.63) is 12.2 Å². The van der Waals surface area contributed by atoms with Gasteiger partial charge in [0.1, 0.15) is 6.33 Å². The fourth-order valence-electron chi connectivity index (χ4n) is 1.88. The molecule has 1 aromatic heterocycles. The van der Waals surface area contributed by atoms with E-state index in [0.717, 1.165) is 37.7 Å². The van der Waals surface area contributed by atoms with Gasteiger partial charge in [0.25, 0.3) is 0 Å². The van der Waals surface area contributed by atoms with Crippen LogP contribution >= 0.6 is 0 Å². The second-order valence-corrected chi connectivity index (χ2v) is 4.03. The van der Waals surface area contributed by atoms with Crippen LogP contribution in [0.2, 0.25) is 0 Å². The van der Waals surface area contributed by atoms with E-state index in [1.807, 2.05) is 4.57 Å². The summed E-state index contributed by atoms with van der Waals surface area (Å²) in [4.78, 5) is 4.53. The number of aromatic nitrogens is 3. The van der Waals surface area contributed by atoms with E-state index in [0.29, 0.717) is 0 Å². The van der Waals surface area contributed by atoms with E-state index >= 15 is 0 Å². The number of rotatable bonds is 3. The van der Waals surface area contributed by atoms with Gasteiger partial charge >= 0.3 is 0 Å². The zero-order valence-electron chi connectivity index (χ0n) is 9.82. The van der Waals surface area contributed by atoms with Crippen LogP contribution in [0.3, 0.4) is 0 Å². The Labute approximate surface area is 96.0 Å². The topological polar surface area (TPSA) is 55.1 Å². The highest BCUT2D eigenvalue weighted by molar-refractivity contribution is 5.82. The van der Waals surface area contributed by atoms with Crippen molar-refractivity contribution in [2.45, 2.75) is 45.7 Å². The Kier molecular flexibility index (Phi) is 3.91. The maximum Gasteiger partial charge on any atom is 0.152 e. The number of hydrogen-bond acceptors (Lipinski definition) is 4. The third-order valence-electron chi connectivity index (χ3n) is 2.86. The lowest BCUT2D eigenvalue weighted by Crippen LogP contribution is -2.24. The second kappa shape index (κ2) is 5.63. The Hall–Kier alpha value is -1.39. The highest BCUT2D eigenvalue weighted by atomic mass is 15.3. The summed E-state index contributed by atoms with van der Waals surface area (Å²) in [7, 11) is 0. The summed E-state index contributed by atoms with van der Waals surface area (Å²) >= 11 is 0. The molecule has 1 aromatic rings. The van der Waals surface area contributed by atoms with Crippen molar-refractivity contribution < 1.29 is 0 Å². The normalized spacial score (nSPS) is 16.7. The molecule has 1 N–H and O–H groups in total. The van der Waals surface area contributed by atoms with Crippen LogP contribution in [0.5, 0.6) is 0 Å². The van der Waals surface area contributed by atoms with Crippen LogP contribution < -0.4 is 5.32 Å². The molecule has 0 bridgehead atoms. The number of nitrogens with one attached hydrogen (secondary N) is 1. The molecule has 0 spiro atoms. The molecule has 0 aromatic carbocycles. The Bertz CT molecular complexity index is 355. The fraction of sp³-hybridized carbons (Fsp3) is 0.727. The molecule has 0 saturated carbocycles. The summed E-state index contributed by atoms with van der Waals surface area (Å²) in [6.45, 7) is 4.70. The van der Waals surface area contributed by atoms with Gasteiger partial charge in [0.2, 0.25) is 0 Å². The summed E-state index contributed by atoms with van der Waals surface area (Å²) in [6.07, 6.45) is 6.59. The molecular formula is C11H19N5. The lowest BCUT2D eigenvalue weighted by Gasteiger charge is -2.08. The minimum absolute atomic E-state index is 0.729. The largest absolute Gasteiger partial charge is 0.367 e. The van der Waals surface area contributed by atoms with E-state index in [-0.39, 0.29) is 0 Å². The Balaban J connectivity index is 1.88. The highest BCUT2D eigenvalue weighted by Crippen LogP contribution is 2.06. The molecule has 16 heavy (non-hydrogen) atoms. The van der Waals surface area contributed by atoms with Gasteiger partial charge in [-0.25, -0.2) is 0 Å². The Morgan fingerprint density at radius 1 is 1.38 bits per heavy atom. The quantitative estimate of drug-likeness (QED) is 0.838. The minimum atomic E-state index is 0.729. The van der Waals surface area contributed by atoms with Gasteiger partial charge in [-0.1, -0.05) is 6.42 Å². The number of aryl methyl sites for hydroxylation is 1. The fourth-order valence-corrected chi connectivity index (χ4v) is 1.88. The van der Waals surface area contributed by atoms with Crippen LogP contribution in [-0.4, -0.2) is 27.1 Å². The maximum absolute atomic E-state index is 4.53. The van der Waals surface area contributed by atoms with Gasteiger partial charge in [-0.3, -0.25) is 4.99 Å². The molecule has 2 heterocycles. The lowest BCUT2D eigenvalue weighted by molar-refractivity contribution is 0.673. The molecule has 5 heteroatoms. The number of amidine groups is 1. The van der Waals surface area contributed by atoms with Crippen LogP contribution in [0, 0.1) is 0 Å². The Morgan fingerprint density at radius 2 is 2.31 bits per heavy atom. The third-order valence-corrected chi connectivity index (χ3v) is 2.86. The first-order chi connectivity index (χ1) is 7.90. The van der Waals surface area contributed by atoms with Crippen molar-refractivity contribution in [2.24, 2.45) is 4.99 Å². The molecule has 5 nitrogen and oxygen atoms in total. The monoisotopic (exact) mass is 221 g/mol. The number of hydrogen-bond donors (Lipinski definition) is 1. The van der Waals surface area contributed by atoms with Gasteiger partial charge < -0.3 is 9.88 Å². The summed E-state index contributed by atoms with van der Waals surface area (Å²) in [5.41, 5.74) is 0. The summed E-state index contributed by atoms with van der Waals surface area (Å²) in [5.74, 6) is 2.11. The van der Waals surface area contributed by atoms with E-state index in [9.17, 15) is 0 Å². The first-order valence-corrected chi connectivity index (χ1v) is 6.04. The zero-order valence-corrected chi connectivity index (χ0v) is 9.82. The van der Waals surface area contributed by atoms with Crippen LogP contribution in [0.15, 0.2) is 11.3 Å². The van der Waals surface area contributed by atoms with E-state index < -0.39 is 0 Å². The van der Waals surface area contributed by atoms with Crippen molar-refractivity contribution >= 4 is 5.84 Å². The van der Waals surface area contributed by atoms with Gasteiger partial charge in [-0.15, -0.1) is 10.2 Å². The average Bonchev–Trinajstić information content (AvgIpc) is 2.60. The van der Waals surface area contributed by atoms with Gasteiger partial charge in [-0.05, 0) is 19.8 Å². The van der Waals surface area contributed by atoms with E-state index in [1.165, 1.54) is 19.3 Å². The van der Waals surface area contributed by atoms with Crippen LogP contribution in [-0.2, 0) is 13.1 Å². The molecule has 0 atom stereocenters. The van der Waals surface area contributed by atoms with E-state index in [1.54, 1.807) is 6.33 Å². The zero-order chi connectivity index (χ0) is 11.2. The van der Waals surface area contributed by atoms with Crippen molar-refractivity contribution in [3.63, 3.8) is 0 Å². The molecule has 0 radical (unpaired) electrons. The SMILES string of the molecule is CCn1cnnc1CNC1=NCCCCC1.